The van der Waals surface area contributed by atoms with Crippen LogP contribution in [0.1, 0.15) is 28.4 Å². The van der Waals surface area contributed by atoms with Gasteiger partial charge < -0.3 is 36.6 Å². The summed E-state index contributed by atoms with van der Waals surface area (Å²) in [5.74, 6) is -0.163. The van der Waals surface area contributed by atoms with Gasteiger partial charge in [-0.3, -0.25) is 4.79 Å². The van der Waals surface area contributed by atoms with Gasteiger partial charge in [-0.25, -0.2) is 9.78 Å². The minimum atomic E-state index is -0.630. The summed E-state index contributed by atoms with van der Waals surface area (Å²) in [7, 11) is 4.05. The number of urea groups is 1. The average Bonchev–Trinajstić information content (AvgIpc) is 3.39. The number of primary amides is 1. The Balaban J connectivity index is 1.48. The van der Waals surface area contributed by atoms with Crippen LogP contribution >= 0.6 is 0 Å². The Morgan fingerprint density at radius 1 is 1.14 bits per heavy atom. The molecule has 0 spiro atoms. The van der Waals surface area contributed by atoms with Crippen LogP contribution in [0.4, 0.5) is 27.7 Å². The number of hydrogen-bond donors (Lipinski definition) is 5. The molecule has 0 bridgehead atoms. The number of pyridine rings is 1. The normalized spacial score (nSPS) is 15.9. The lowest BCUT2D eigenvalue weighted by molar-refractivity contribution is 0.100. The molecule has 1 aliphatic rings. The monoisotopic (exact) mass is 503 g/mol. The number of carbonyl (C=O) groups excluding carboxylic acids is 2. The molecule has 0 saturated carbocycles. The van der Waals surface area contributed by atoms with Gasteiger partial charge in [0.1, 0.15) is 5.82 Å². The Labute approximate surface area is 216 Å². The number of nitrogens with zero attached hydrogens (tertiary/aromatic N) is 3. The highest BCUT2D eigenvalue weighted by Gasteiger charge is 2.27. The van der Waals surface area contributed by atoms with E-state index in [0.29, 0.717) is 35.5 Å². The number of rotatable bonds is 9. The Morgan fingerprint density at radius 3 is 2.57 bits per heavy atom. The molecule has 2 aromatic carbocycles. The molecule has 3 aromatic rings. The maximum atomic E-state index is 12.7. The molecule has 10 heteroatoms. The highest BCUT2D eigenvalue weighted by Crippen LogP contribution is 2.27. The van der Waals surface area contributed by atoms with Crippen LogP contribution in [0.15, 0.2) is 66.9 Å². The fourth-order valence-electron chi connectivity index (χ4n) is 4.32. The van der Waals surface area contributed by atoms with E-state index in [2.05, 4.69) is 25.8 Å². The van der Waals surface area contributed by atoms with Crippen LogP contribution < -0.4 is 21.7 Å². The summed E-state index contributed by atoms with van der Waals surface area (Å²) in [6.07, 6.45) is 2.35. The summed E-state index contributed by atoms with van der Waals surface area (Å²) in [5.41, 5.74) is 8.45. The molecule has 1 fully saturated rings. The topological polar surface area (TPSA) is 136 Å². The van der Waals surface area contributed by atoms with E-state index in [-0.39, 0.29) is 18.2 Å². The van der Waals surface area contributed by atoms with Gasteiger partial charge in [0.25, 0.3) is 5.91 Å². The van der Waals surface area contributed by atoms with Gasteiger partial charge in [-0.05, 0) is 44.3 Å². The van der Waals surface area contributed by atoms with E-state index < -0.39 is 11.9 Å². The number of aliphatic hydroxyl groups excluding tert-OH is 1. The van der Waals surface area contributed by atoms with Crippen LogP contribution in [0.3, 0.4) is 0 Å². The van der Waals surface area contributed by atoms with Crippen LogP contribution in [0.5, 0.6) is 0 Å². The molecule has 1 aromatic heterocycles. The van der Waals surface area contributed by atoms with Crippen molar-refractivity contribution in [3.8, 4) is 0 Å². The fraction of sp³-hybridized carbons (Fsp3) is 0.296. The Hall–Kier alpha value is -4.15. The van der Waals surface area contributed by atoms with E-state index in [1.54, 1.807) is 6.07 Å². The van der Waals surface area contributed by atoms with Gasteiger partial charge in [-0.2, -0.15) is 0 Å². The number of hydrogen-bond acceptors (Lipinski definition) is 7. The molecule has 0 aliphatic carbocycles. The third kappa shape index (κ3) is 6.54. The number of nitrogens with two attached hydrogens (primary N) is 1. The van der Waals surface area contributed by atoms with Crippen molar-refractivity contribution < 1.29 is 14.7 Å². The lowest BCUT2D eigenvalue weighted by Crippen LogP contribution is -2.36. The molecule has 1 saturated heterocycles. The maximum absolute atomic E-state index is 12.7. The predicted molar refractivity (Wildman–Crippen MR) is 145 cm³/mol. The lowest BCUT2D eigenvalue weighted by Gasteiger charge is -2.21. The van der Waals surface area contributed by atoms with Crippen molar-refractivity contribution in [1.29, 1.82) is 0 Å². The van der Waals surface area contributed by atoms with E-state index >= 15 is 0 Å². The van der Waals surface area contributed by atoms with Gasteiger partial charge in [0.2, 0.25) is 0 Å². The largest absolute Gasteiger partial charge is 0.394 e. The van der Waals surface area contributed by atoms with E-state index in [1.807, 2.05) is 73.6 Å². The van der Waals surface area contributed by atoms with E-state index in [0.717, 1.165) is 18.5 Å². The second-order valence-electron chi connectivity index (χ2n) is 9.26. The molecule has 2 atom stereocenters. The van der Waals surface area contributed by atoms with Gasteiger partial charge in [-0.15, -0.1) is 0 Å². The molecule has 3 amide bonds. The third-order valence-electron chi connectivity index (χ3n) is 6.45. The molecule has 2 heterocycles. The third-order valence-corrected chi connectivity index (χ3v) is 6.45. The molecule has 37 heavy (non-hydrogen) atoms. The van der Waals surface area contributed by atoms with Gasteiger partial charge in [0, 0.05) is 42.8 Å². The lowest BCUT2D eigenvalue weighted by atomic mass is 10.1. The number of aliphatic hydroxyl groups is 1. The first-order valence-electron chi connectivity index (χ1n) is 12.2. The Kier molecular flexibility index (Phi) is 8.22. The van der Waals surface area contributed by atoms with Gasteiger partial charge in [0.15, 0.2) is 0 Å². The standard InChI is InChI=1S/C27H33N7O3/c1-33(2)21-11-12-34(16-21)27(37)31-20-10-6-9-19(13-20)30-25-14-23(22(15-29-25)26(28)36)32-24(17-35)18-7-4-3-5-8-18/h3-10,13-15,21,24,35H,11-12,16-17H2,1-2H3,(H2,28,36)(H,31,37)(H2,29,30,32)/t21-,24-/m1/s1. The van der Waals surface area contributed by atoms with Crippen LogP contribution in [0.2, 0.25) is 0 Å². The van der Waals surface area contributed by atoms with Crippen molar-refractivity contribution in [2.45, 2.75) is 18.5 Å². The Morgan fingerprint density at radius 2 is 1.89 bits per heavy atom. The van der Waals surface area contributed by atoms with Gasteiger partial charge in [0.05, 0.1) is 23.9 Å². The first kappa shape index (κ1) is 25.9. The zero-order valence-corrected chi connectivity index (χ0v) is 21.0. The second-order valence-corrected chi connectivity index (χ2v) is 9.26. The number of likely N-dealkylation sites (tertiary alicyclic amines) is 1. The minimum Gasteiger partial charge on any atom is -0.394 e. The van der Waals surface area contributed by atoms with E-state index in [9.17, 15) is 14.7 Å². The van der Waals surface area contributed by atoms with Crippen molar-refractivity contribution in [2.24, 2.45) is 5.73 Å². The molecule has 10 nitrogen and oxygen atoms in total. The summed E-state index contributed by atoms with van der Waals surface area (Å²) in [6.45, 7) is 1.23. The van der Waals surface area contributed by atoms with E-state index in [4.69, 9.17) is 5.73 Å². The molecule has 1 aliphatic heterocycles. The van der Waals surface area contributed by atoms with Crippen LogP contribution in [-0.4, -0.2) is 71.7 Å². The molecular weight excluding hydrogens is 470 g/mol. The number of benzene rings is 2. The number of amides is 3. The van der Waals surface area contributed by atoms with Crippen molar-refractivity contribution in [2.75, 3.05) is 49.7 Å². The minimum absolute atomic E-state index is 0.132. The van der Waals surface area contributed by atoms with Crippen molar-refractivity contribution in [3.05, 3.63) is 78.0 Å². The number of nitrogens with one attached hydrogen (secondary N) is 3. The average molecular weight is 504 g/mol. The highest BCUT2D eigenvalue weighted by molar-refractivity contribution is 5.98. The van der Waals surface area contributed by atoms with Crippen molar-refractivity contribution in [3.63, 3.8) is 0 Å². The molecular formula is C27H33N7O3. The Bertz CT molecular complexity index is 1240. The summed E-state index contributed by atoms with van der Waals surface area (Å²) >= 11 is 0. The van der Waals surface area contributed by atoms with E-state index in [1.165, 1.54) is 6.20 Å². The molecule has 0 radical (unpaired) electrons. The van der Waals surface area contributed by atoms with Gasteiger partial charge in [-0.1, -0.05) is 36.4 Å². The maximum Gasteiger partial charge on any atom is 0.321 e. The van der Waals surface area contributed by atoms with Crippen molar-refractivity contribution >= 4 is 34.8 Å². The summed E-state index contributed by atoms with van der Waals surface area (Å²) in [4.78, 5) is 33.0. The van der Waals surface area contributed by atoms with Crippen molar-refractivity contribution in [1.82, 2.24) is 14.8 Å². The number of likely N-dealkylation sites (N-methyl/N-ethyl adjacent to an activating group) is 1. The smallest absolute Gasteiger partial charge is 0.321 e. The summed E-state index contributed by atoms with van der Waals surface area (Å²) in [5, 5.41) is 19.3. The number of aromatic nitrogens is 1. The number of anilines is 4. The zero-order valence-electron chi connectivity index (χ0n) is 21.0. The summed E-state index contributed by atoms with van der Waals surface area (Å²) in [6, 6.07) is 18.2. The molecule has 194 valence electrons. The molecule has 0 unspecified atom stereocenters. The zero-order chi connectivity index (χ0) is 26.4. The second kappa shape index (κ2) is 11.7. The molecule has 4 rings (SSSR count). The quantitative estimate of drug-likeness (QED) is 0.302. The predicted octanol–water partition coefficient (Wildman–Crippen LogP) is 3.24. The fourth-order valence-corrected chi connectivity index (χ4v) is 4.32. The highest BCUT2D eigenvalue weighted by atomic mass is 16.3. The SMILES string of the molecule is CN(C)[C@@H]1CCN(C(=O)Nc2cccc(Nc3cc(N[C@H](CO)c4ccccc4)c(C(N)=O)cn3)c2)C1. The number of carbonyl (C=O) groups is 2. The first-order valence-corrected chi connectivity index (χ1v) is 12.2. The van der Waals surface area contributed by atoms with Crippen LogP contribution in [0, 0.1) is 0 Å². The molecule has 6 N–H and O–H groups in total. The van der Waals surface area contributed by atoms with Crippen LogP contribution in [-0.2, 0) is 0 Å². The van der Waals surface area contributed by atoms with Crippen LogP contribution in [0.25, 0.3) is 0 Å². The van der Waals surface area contributed by atoms with Gasteiger partial charge >= 0.3 is 6.03 Å². The summed E-state index contributed by atoms with van der Waals surface area (Å²) < 4.78 is 0. The first-order chi connectivity index (χ1) is 17.8.